The Hall–Kier alpha value is -0.870. The number of nitrogens with one attached hydrogen (secondary N) is 1. The molecule has 4 nitrogen and oxygen atoms in total. The van der Waals surface area contributed by atoms with E-state index in [1.54, 1.807) is 0 Å². The molecular formula is C13H27NO3. The van der Waals surface area contributed by atoms with E-state index in [1.807, 2.05) is 6.08 Å². The zero-order valence-corrected chi connectivity index (χ0v) is 11.4. The molecule has 102 valence electrons. The first-order chi connectivity index (χ1) is 7.88. The maximum absolute atomic E-state index is 10.4. The van der Waals surface area contributed by atoms with Crippen LogP contribution in [0.4, 0.5) is 0 Å². The van der Waals surface area contributed by atoms with Crippen molar-refractivity contribution in [2.75, 3.05) is 6.61 Å². The summed E-state index contributed by atoms with van der Waals surface area (Å²) in [6.07, 6.45) is 2.37. The summed E-state index contributed by atoms with van der Waals surface area (Å²) in [5, 5.41) is 19.8. The van der Waals surface area contributed by atoms with E-state index in [1.165, 1.54) is 0 Å². The highest BCUT2D eigenvalue weighted by Gasteiger charge is 2.29. The van der Waals surface area contributed by atoms with Crippen molar-refractivity contribution in [1.82, 2.24) is 5.32 Å². The molecule has 4 heteroatoms. The Bertz CT molecular complexity index is 202. The van der Waals surface area contributed by atoms with Crippen LogP contribution >= 0.6 is 0 Å². The molecule has 0 saturated carbocycles. The van der Waals surface area contributed by atoms with Crippen molar-refractivity contribution in [3.05, 3.63) is 12.7 Å². The van der Waals surface area contributed by atoms with Crippen LogP contribution in [0.1, 0.15) is 40.5 Å². The van der Waals surface area contributed by atoms with Gasteiger partial charge >= 0.3 is 0 Å². The largest absolute Gasteiger partial charge is 0.394 e. The first-order valence-corrected chi connectivity index (χ1v) is 6.08. The average molecular weight is 245 g/mol. The number of carbonyl (C=O) groups excluding carboxylic acids is 1. The summed E-state index contributed by atoms with van der Waals surface area (Å²) in [7, 11) is 0. The van der Waals surface area contributed by atoms with Gasteiger partial charge in [0.25, 0.3) is 0 Å². The second kappa shape index (κ2) is 11.6. The first kappa shape index (κ1) is 18.5. The molecule has 3 N–H and O–H groups in total. The predicted octanol–water partition coefficient (Wildman–Crippen LogP) is 1.47. The fraction of sp³-hybridized carbons (Fsp3) is 0.769. The molecule has 0 bridgehead atoms. The molecule has 1 amide bonds. The molecular weight excluding hydrogens is 218 g/mol. The first-order valence-electron chi connectivity index (χ1n) is 6.08. The number of hydrogen-bond donors (Lipinski definition) is 3. The zero-order valence-electron chi connectivity index (χ0n) is 11.4. The molecule has 17 heavy (non-hydrogen) atoms. The van der Waals surface area contributed by atoms with E-state index in [4.69, 9.17) is 10.2 Å². The van der Waals surface area contributed by atoms with Crippen molar-refractivity contribution >= 4 is 5.91 Å². The van der Waals surface area contributed by atoms with Crippen molar-refractivity contribution in [1.29, 1.82) is 0 Å². The number of rotatable bonds is 2. The minimum absolute atomic E-state index is 0.116. The van der Waals surface area contributed by atoms with Gasteiger partial charge in [0.15, 0.2) is 0 Å². The van der Waals surface area contributed by atoms with Gasteiger partial charge in [-0.25, -0.2) is 0 Å². The zero-order chi connectivity index (χ0) is 13.8. The Kier molecular flexibility index (Phi) is 12.6. The number of aliphatic hydroxyl groups is 2. The van der Waals surface area contributed by atoms with Gasteiger partial charge in [0.2, 0.25) is 5.91 Å². The Labute approximate surface area is 105 Å². The lowest BCUT2D eigenvalue weighted by Gasteiger charge is -2.08. The normalized spacial score (nSPS) is 21.9. The van der Waals surface area contributed by atoms with E-state index in [0.717, 1.165) is 12.3 Å². The van der Waals surface area contributed by atoms with Crippen LogP contribution in [0.5, 0.6) is 0 Å². The van der Waals surface area contributed by atoms with Crippen LogP contribution in [0.25, 0.3) is 0 Å². The summed E-state index contributed by atoms with van der Waals surface area (Å²) >= 11 is 0. The molecule has 1 aliphatic rings. The van der Waals surface area contributed by atoms with Crippen molar-refractivity contribution in [2.45, 2.75) is 52.7 Å². The monoisotopic (exact) mass is 245 g/mol. The lowest BCUT2D eigenvalue weighted by molar-refractivity contribution is -0.119. The van der Waals surface area contributed by atoms with Gasteiger partial charge in [0.1, 0.15) is 0 Å². The number of carbonyl (C=O) groups is 1. The lowest BCUT2D eigenvalue weighted by atomic mass is 10.2. The number of aliphatic hydroxyl groups excluding tert-OH is 2. The van der Waals surface area contributed by atoms with Crippen molar-refractivity contribution in [2.24, 2.45) is 5.92 Å². The Morgan fingerprint density at radius 3 is 2.06 bits per heavy atom. The molecule has 1 fully saturated rings. The summed E-state index contributed by atoms with van der Waals surface area (Å²) in [4.78, 5) is 10.4. The highest BCUT2D eigenvalue weighted by Crippen LogP contribution is 2.06. The van der Waals surface area contributed by atoms with Crippen molar-refractivity contribution in [3.8, 4) is 0 Å². The second-order valence-corrected chi connectivity index (χ2v) is 4.56. The second-order valence-electron chi connectivity index (χ2n) is 4.56. The van der Waals surface area contributed by atoms with Gasteiger partial charge in [-0.05, 0) is 12.3 Å². The van der Waals surface area contributed by atoms with Crippen molar-refractivity contribution < 1.29 is 15.0 Å². The van der Waals surface area contributed by atoms with Crippen LogP contribution in [-0.4, -0.2) is 34.9 Å². The lowest BCUT2D eigenvalue weighted by Crippen LogP contribution is -2.34. The summed E-state index contributed by atoms with van der Waals surface area (Å²) in [5.41, 5.74) is 0. The summed E-state index contributed by atoms with van der Waals surface area (Å²) in [5.74, 6) is 0.640. The Balaban J connectivity index is 0. The third-order valence-electron chi connectivity index (χ3n) is 1.69. The molecule has 0 aliphatic carbocycles. The molecule has 0 radical (unpaired) electrons. The fourth-order valence-electron chi connectivity index (χ4n) is 0.861. The minimum Gasteiger partial charge on any atom is -0.394 e. The smallest absolute Gasteiger partial charge is 0.223 e. The van der Waals surface area contributed by atoms with Crippen LogP contribution in [0.15, 0.2) is 12.7 Å². The third-order valence-corrected chi connectivity index (χ3v) is 1.69. The van der Waals surface area contributed by atoms with Gasteiger partial charge in [-0.15, -0.1) is 6.58 Å². The summed E-state index contributed by atoms with van der Waals surface area (Å²) in [6, 6.07) is -0.447. The van der Waals surface area contributed by atoms with E-state index < -0.39 is 12.1 Å². The van der Waals surface area contributed by atoms with Gasteiger partial charge in [-0.1, -0.05) is 33.8 Å². The van der Waals surface area contributed by atoms with Gasteiger partial charge in [-0.3, -0.25) is 4.79 Å². The molecule has 0 spiro atoms. The summed E-state index contributed by atoms with van der Waals surface area (Å²) in [6.45, 7) is 11.9. The maximum atomic E-state index is 10.4. The van der Waals surface area contributed by atoms with Gasteiger partial charge < -0.3 is 15.5 Å². The Morgan fingerprint density at radius 2 is 1.94 bits per heavy atom. The number of amides is 1. The Morgan fingerprint density at radius 1 is 1.53 bits per heavy atom. The molecule has 0 aromatic heterocycles. The highest BCUT2D eigenvalue weighted by atomic mass is 16.3. The van der Waals surface area contributed by atoms with Crippen LogP contribution in [0.2, 0.25) is 0 Å². The van der Waals surface area contributed by atoms with Crippen LogP contribution in [0.3, 0.4) is 0 Å². The maximum Gasteiger partial charge on any atom is 0.223 e. The predicted molar refractivity (Wildman–Crippen MR) is 70.6 cm³/mol. The van der Waals surface area contributed by atoms with Crippen LogP contribution in [-0.2, 0) is 4.79 Å². The molecule has 1 saturated heterocycles. The molecule has 1 aliphatic heterocycles. The van der Waals surface area contributed by atoms with E-state index >= 15 is 0 Å². The van der Waals surface area contributed by atoms with Gasteiger partial charge in [0, 0.05) is 0 Å². The fourth-order valence-corrected chi connectivity index (χ4v) is 0.861. The molecule has 0 aromatic rings. The minimum atomic E-state index is -0.706. The topological polar surface area (TPSA) is 69.6 Å². The molecule has 1 heterocycles. The van der Waals surface area contributed by atoms with E-state index in [9.17, 15) is 4.79 Å². The van der Waals surface area contributed by atoms with E-state index in [0.29, 0.717) is 0 Å². The highest BCUT2D eigenvalue weighted by molar-refractivity contribution is 5.79. The summed E-state index contributed by atoms with van der Waals surface area (Å²) < 4.78 is 0. The van der Waals surface area contributed by atoms with Crippen LogP contribution in [0, 0.1) is 5.92 Å². The standard InChI is InChI=1S/C5H9NO3.C4H10.C4H8/c7-2-3-4(8)1-5(9)6-3;1-4(2)3;1-3-4-2/h3-4,7-8H,1-2H2,(H,6,9);4H,1-3H3;3H,1,4H2,2H3. The van der Waals surface area contributed by atoms with Gasteiger partial charge in [0.05, 0.1) is 25.2 Å². The average Bonchev–Trinajstić information content (AvgIpc) is 2.56. The van der Waals surface area contributed by atoms with Crippen LogP contribution < -0.4 is 5.32 Å². The van der Waals surface area contributed by atoms with Crippen molar-refractivity contribution in [3.63, 3.8) is 0 Å². The SMILES string of the molecule is C=CCC.CC(C)C.O=C1CC(O)C(CO)N1. The quantitative estimate of drug-likeness (QED) is 0.645. The number of allylic oxidation sites excluding steroid dienone is 1. The van der Waals surface area contributed by atoms with E-state index in [-0.39, 0.29) is 18.9 Å². The third kappa shape index (κ3) is 13.1. The van der Waals surface area contributed by atoms with Gasteiger partial charge in [-0.2, -0.15) is 0 Å². The van der Waals surface area contributed by atoms with E-state index in [2.05, 4.69) is 39.6 Å². The molecule has 0 aromatic carbocycles. The molecule has 2 unspecified atom stereocenters. The number of hydrogen-bond acceptors (Lipinski definition) is 3. The molecule has 1 rings (SSSR count). The molecule has 2 atom stereocenters.